The number of hydrogen-bond acceptors (Lipinski definition) is 7. The van der Waals surface area contributed by atoms with E-state index in [1.165, 1.54) is 22.7 Å². The number of rotatable bonds is 5. The van der Waals surface area contributed by atoms with Crippen LogP contribution in [0.4, 0.5) is 5.00 Å². The smallest absolute Gasteiger partial charge is 0.350 e. The van der Waals surface area contributed by atoms with Gasteiger partial charge in [0, 0.05) is 5.56 Å². The zero-order chi connectivity index (χ0) is 18.5. The van der Waals surface area contributed by atoms with Crippen LogP contribution in [0.1, 0.15) is 20.9 Å². The molecule has 0 aliphatic heterocycles. The van der Waals surface area contributed by atoms with Crippen LogP contribution in [0, 0.1) is 18.3 Å². The van der Waals surface area contributed by atoms with Crippen LogP contribution in [-0.4, -0.2) is 23.5 Å². The predicted octanol–water partition coefficient (Wildman–Crippen LogP) is 3.85. The number of nitriles is 1. The number of nitrogens with zero attached hydrogens (tertiary/aromatic N) is 2. The minimum absolute atomic E-state index is 0.366. The van der Waals surface area contributed by atoms with Gasteiger partial charge in [-0.05, 0) is 18.4 Å². The molecule has 1 aromatic carbocycles. The van der Waals surface area contributed by atoms with Crippen molar-refractivity contribution in [2.75, 3.05) is 11.9 Å². The second kappa shape index (κ2) is 7.91. The van der Waals surface area contributed by atoms with Crippen LogP contribution in [-0.2, 0) is 9.53 Å². The summed E-state index contributed by atoms with van der Waals surface area (Å²) in [5.74, 6) is -1.09. The molecule has 0 bridgehead atoms. The highest BCUT2D eigenvalue weighted by molar-refractivity contribution is 7.17. The Morgan fingerprint density at radius 1 is 1.27 bits per heavy atom. The highest BCUT2D eigenvalue weighted by Crippen LogP contribution is 2.28. The Labute approximate surface area is 157 Å². The lowest BCUT2D eigenvalue weighted by Crippen LogP contribution is -2.20. The molecular weight excluding hydrogens is 370 g/mol. The van der Waals surface area contributed by atoms with Crippen LogP contribution >= 0.6 is 22.7 Å². The van der Waals surface area contributed by atoms with Gasteiger partial charge in [0.15, 0.2) is 6.61 Å². The minimum Gasteiger partial charge on any atom is -0.451 e. The molecule has 1 amide bonds. The van der Waals surface area contributed by atoms with Crippen molar-refractivity contribution in [3.05, 3.63) is 57.9 Å². The first-order valence-electron chi connectivity index (χ1n) is 7.56. The number of thiazole rings is 1. The van der Waals surface area contributed by atoms with E-state index in [0.717, 1.165) is 10.6 Å². The van der Waals surface area contributed by atoms with Crippen LogP contribution in [0.15, 0.2) is 41.8 Å². The van der Waals surface area contributed by atoms with Crippen molar-refractivity contribution >= 4 is 39.6 Å². The van der Waals surface area contributed by atoms with Crippen LogP contribution < -0.4 is 5.32 Å². The molecule has 0 saturated carbocycles. The summed E-state index contributed by atoms with van der Waals surface area (Å²) in [7, 11) is 0. The summed E-state index contributed by atoms with van der Waals surface area (Å²) in [6.07, 6.45) is 0. The topological polar surface area (TPSA) is 92.1 Å². The maximum atomic E-state index is 12.3. The zero-order valence-electron chi connectivity index (χ0n) is 13.7. The average molecular weight is 383 g/mol. The first-order valence-corrected chi connectivity index (χ1v) is 9.25. The van der Waals surface area contributed by atoms with Gasteiger partial charge in [-0.15, -0.1) is 22.7 Å². The van der Waals surface area contributed by atoms with Gasteiger partial charge < -0.3 is 10.1 Å². The molecule has 0 spiro atoms. The lowest BCUT2D eigenvalue weighted by molar-refractivity contribution is -0.119. The Balaban J connectivity index is 1.63. The highest BCUT2D eigenvalue weighted by Gasteiger charge is 2.19. The van der Waals surface area contributed by atoms with Gasteiger partial charge in [-0.3, -0.25) is 4.79 Å². The third-order valence-electron chi connectivity index (χ3n) is 3.38. The molecule has 3 rings (SSSR count). The van der Waals surface area contributed by atoms with E-state index in [0.29, 0.717) is 21.1 Å². The Hall–Kier alpha value is -3.02. The number of aromatic nitrogens is 1. The quantitative estimate of drug-likeness (QED) is 0.676. The van der Waals surface area contributed by atoms with E-state index in [1.807, 2.05) is 36.4 Å². The maximum absolute atomic E-state index is 12.3. The van der Waals surface area contributed by atoms with Gasteiger partial charge in [0.1, 0.15) is 21.0 Å². The molecule has 0 fully saturated rings. The Morgan fingerprint density at radius 2 is 2.04 bits per heavy atom. The molecule has 3 aromatic rings. The number of ether oxygens (including phenoxy) is 1. The van der Waals surface area contributed by atoms with Crippen molar-refractivity contribution in [3.8, 4) is 16.6 Å². The van der Waals surface area contributed by atoms with E-state index >= 15 is 0 Å². The lowest BCUT2D eigenvalue weighted by atomic mass is 10.2. The van der Waals surface area contributed by atoms with Crippen molar-refractivity contribution < 1.29 is 14.3 Å². The Bertz CT molecular complexity index is 987. The van der Waals surface area contributed by atoms with E-state index in [2.05, 4.69) is 10.3 Å². The monoisotopic (exact) mass is 383 g/mol. The van der Waals surface area contributed by atoms with Crippen molar-refractivity contribution in [2.45, 2.75) is 6.92 Å². The summed E-state index contributed by atoms with van der Waals surface area (Å²) >= 11 is 2.46. The second-order valence-corrected chi connectivity index (χ2v) is 7.11. The predicted molar refractivity (Wildman–Crippen MR) is 100 cm³/mol. The highest BCUT2D eigenvalue weighted by atomic mass is 32.1. The number of carbonyl (C=O) groups is 2. The average Bonchev–Trinajstić information content (AvgIpc) is 3.26. The van der Waals surface area contributed by atoms with Crippen LogP contribution in [0.5, 0.6) is 0 Å². The maximum Gasteiger partial charge on any atom is 0.350 e. The van der Waals surface area contributed by atoms with Crippen molar-refractivity contribution in [3.63, 3.8) is 0 Å². The van der Waals surface area contributed by atoms with Crippen molar-refractivity contribution in [1.29, 1.82) is 5.26 Å². The summed E-state index contributed by atoms with van der Waals surface area (Å²) in [5, 5.41) is 14.3. The Morgan fingerprint density at radius 3 is 2.77 bits per heavy atom. The number of benzene rings is 1. The number of aryl methyl sites for hydroxylation is 1. The molecule has 6 nitrogen and oxygen atoms in total. The summed E-state index contributed by atoms with van der Waals surface area (Å²) in [6.45, 7) is 1.30. The molecular formula is C18H13N3O3S2. The SMILES string of the molecule is Cc1nc(-c2ccccc2)sc1C(=O)OCC(=O)Nc1sccc1C#N. The van der Waals surface area contributed by atoms with Gasteiger partial charge in [-0.2, -0.15) is 5.26 Å². The standard InChI is InChI=1S/C18H13N3O3S2/c1-11-15(26-17(20-11)12-5-3-2-4-6-12)18(23)24-10-14(22)21-16-13(9-19)7-8-25-16/h2-8H,10H2,1H3,(H,21,22). The van der Waals surface area contributed by atoms with E-state index in [9.17, 15) is 9.59 Å². The molecule has 0 aliphatic rings. The van der Waals surface area contributed by atoms with Gasteiger partial charge in [0.05, 0.1) is 11.3 Å². The van der Waals surface area contributed by atoms with E-state index in [4.69, 9.17) is 10.00 Å². The normalized spacial score (nSPS) is 10.2. The molecule has 2 heterocycles. The zero-order valence-corrected chi connectivity index (χ0v) is 15.3. The number of amides is 1. The third-order valence-corrected chi connectivity index (χ3v) is 5.39. The number of anilines is 1. The molecule has 8 heteroatoms. The molecule has 2 aromatic heterocycles. The van der Waals surface area contributed by atoms with Gasteiger partial charge in [-0.1, -0.05) is 30.3 Å². The molecule has 130 valence electrons. The Kier molecular flexibility index (Phi) is 5.41. The van der Waals surface area contributed by atoms with Gasteiger partial charge >= 0.3 is 5.97 Å². The number of hydrogen-bond donors (Lipinski definition) is 1. The van der Waals surface area contributed by atoms with Gasteiger partial charge in [0.25, 0.3) is 5.91 Å². The third kappa shape index (κ3) is 3.96. The molecule has 1 N–H and O–H groups in total. The summed E-state index contributed by atoms with van der Waals surface area (Å²) in [6, 6.07) is 13.1. The van der Waals surface area contributed by atoms with Crippen molar-refractivity contribution in [1.82, 2.24) is 4.98 Å². The minimum atomic E-state index is -0.594. The molecule has 0 saturated heterocycles. The number of esters is 1. The van der Waals surface area contributed by atoms with Crippen LogP contribution in [0.3, 0.4) is 0 Å². The first kappa shape index (κ1) is 17.8. The van der Waals surface area contributed by atoms with Crippen LogP contribution in [0.2, 0.25) is 0 Å². The molecule has 26 heavy (non-hydrogen) atoms. The number of carbonyl (C=O) groups excluding carboxylic acids is 2. The summed E-state index contributed by atoms with van der Waals surface area (Å²) < 4.78 is 5.08. The van der Waals surface area contributed by atoms with Crippen LogP contribution in [0.25, 0.3) is 10.6 Å². The summed E-state index contributed by atoms with van der Waals surface area (Å²) in [4.78, 5) is 28.9. The number of nitrogens with one attached hydrogen (secondary N) is 1. The van der Waals surface area contributed by atoms with Gasteiger partial charge in [-0.25, -0.2) is 9.78 Å². The molecule has 0 radical (unpaired) electrons. The fourth-order valence-electron chi connectivity index (χ4n) is 2.14. The number of thiophene rings is 1. The van der Waals surface area contributed by atoms with Crippen molar-refractivity contribution in [2.24, 2.45) is 0 Å². The first-order chi connectivity index (χ1) is 12.6. The fraction of sp³-hybridized carbons (Fsp3) is 0.111. The summed E-state index contributed by atoms with van der Waals surface area (Å²) in [5.41, 5.74) is 1.85. The van der Waals surface area contributed by atoms with E-state index in [1.54, 1.807) is 18.4 Å². The van der Waals surface area contributed by atoms with E-state index < -0.39 is 18.5 Å². The second-order valence-electron chi connectivity index (χ2n) is 5.20. The molecule has 0 atom stereocenters. The molecule has 0 aliphatic carbocycles. The molecule has 0 unspecified atom stereocenters. The van der Waals surface area contributed by atoms with E-state index in [-0.39, 0.29) is 0 Å². The fourth-order valence-corrected chi connectivity index (χ4v) is 3.86. The lowest BCUT2D eigenvalue weighted by Gasteiger charge is -2.04. The largest absolute Gasteiger partial charge is 0.451 e. The van der Waals surface area contributed by atoms with Gasteiger partial charge in [0.2, 0.25) is 0 Å².